The fourth-order valence-electron chi connectivity index (χ4n) is 5.92. The number of hydrogen-bond donors (Lipinski definition) is 3. The van der Waals surface area contributed by atoms with Crippen LogP contribution >= 0.6 is 11.3 Å². The van der Waals surface area contributed by atoms with Crippen molar-refractivity contribution >= 4 is 23.2 Å². The Morgan fingerprint density at radius 1 is 1.21 bits per heavy atom. The normalized spacial score (nSPS) is 20.0. The van der Waals surface area contributed by atoms with Crippen LogP contribution in [-0.4, -0.2) is 66.4 Å². The molecule has 0 radical (unpaired) electrons. The summed E-state index contributed by atoms with van der Waals surface area (Å²) in [4.78, 5) is 48.2. The molecule has 1 aliphatic carbocycles. The summed E-state index contributed by atoms with van der Waals surface area (Å²) in [5.41, 5.74) is -0.810. The third-order valence-corrected chi connectivity index (χ3v) is 9.39. The SMILES string of the molecule is CN1C(=O)c2c(O)c(=O)c(-c3nnc(Cc4ccc(F)cc4F)s3)cn2N(C)C12CCC(C(=O)NCc1c[nH]cn1)CC2. The molecular formula is C28H28F2N8O4S. The lowest BCUT2D eigenvalue weighted by molar-refractivity contribution is -0.127. The third-order valence-electron chi connectivity index (χ3n) is 8.43. The number of carbonyl (C=O) groups is 2. The topological polar surface area (TPSA) is 149 Å². The van der Waals surface area contributed by atoms with Crippen LogP contribution in [0, 0.1) is 17.6 Å². The third kappa shape index (κ3) is 4.92. The average Bonchev–Trinajstić information content (AvgIpc) is 3.69. The highest BCUT2D eigenvalue weighted by molar-refractivity contribution is 7.14. The van der Waals surface area contributed by atoms with E-state index in [4.69, 9.17) is 0 Å². The van der Waals surface area contributed by atoms with Gasteiger partial charge >= 0.3 is 0 Å². The Bertz CT molecular complexity index is 1760. The van der Waals surface area contributed by atoms with Gasteiger partial charge in [0, 0.05) is 44.9 Å². The molecule has 6 rings (SSSR count). The molecule has 2 amide bonds. The molecule has 3 aromatic heterocycles. The summed E-state index contributed by atoms with van der Waals surface area (Å²) in [6.07, 6.45) is 6.73. The second kappa shape index (κ2) is 10.9. The number of pyridine rings is 1. The molecule has 0 saturated heterocycles. The molecule has 15 heteroatoms. The van der Waals surface area contributed by atoms with Crippen molar-refractivity contribution in [2.45, 2.75) is 44.3 Å². The molecule has 0 unspecified atom stereocenters. The highest BCUT2D eigenvalue weighted by Gasteiger charge is 2.50. The van der Waals surface area contributed by atoms with Gasteiger partial charge in [0.2, 0.25) is 11.3 Å². The Morgan fingerprint density at radius 2 is 1.98 bits per heavy atom. The lowest BCUT2D eigenvalue weighted by Crippen LogP contribution is -2.69. The number of aromatic amines is 1. The largest absolute Gasteiger partial charge is 0.502 e. The van der Waals surface area contributed by atoms with Gasteiger partial charge in [-0.05, 0) is 37.3 Å². The molecule has 1 aromatic carbocycles. The lowest BCUT2D eigenvalue weighted by atomic mass is 9.79. The summed E-state index contributed by atoms with van der Waals surface area (Å²) in [5, 5.41) is 24.4. The van der Waals surface area contributed by atoms with Crippen LogP contribution in [-0.2, 0) is 17.8 Å². The predicted octanol–water partition coefficient (Wildman–Crippen LogP) is 2.52. The van der Waals surface area contributed by atoms with Gasteiger partial charge in [-0.1, -0.05) is 17.4 Å². The second-order valence-corrected chi connectivity index (χ2v) is 11.8. The molecule has 1 spiro atoms. The minimum Gasteiger partial charge on any atom is -0.502 e. The number of hydrogen-bond acceptors (Lipinski definition) is 9. The Morgan fingerprint density at radius 3 is 2.67 bits per heavy atom. The van der Waals surface area contributed by atoms with E-state index in [0.29, 0.717) is 37.2 Å². The Balaban J connectivity index is 1.26. The van der Waals surface area contributed by atoms with E-state index in [2.05, 4.69) is 25.5 Å². The minimum absolute atomic E-state index is 0.0235. The first-order valence-corrected chi connectivity index (χ1v) is 14.4. The van der Waals surface area contributed by atoms with E-state index in [0.717, 1.165) is 29.2 Å². The van der Waals surface area contributed by atoms with Crippen molar-refractivity contribution in [1.29, 1.82) is 0 Å². The number of benzene rings is 1. The van der Waals surface area contributed by atoms with Gasteiger partial charge in [0.05, 0.1) is 24.1 Å². The van der Waals surface area contributed by atoms with E-state index < -0.39 is 34.4 Å². The van der Waals surface area contributed by atoms with Crippen LogP contribution in [0.2, 0.25) is 0 Å². The molecule has 12 nitrogen and oxygen atoms in total. The highest BCUT2D eigenvalue weighted by Crippen LogP contribution is 2.42. The van der Waals surface area contributed by atoms with E-state index >= 15 is 0 Å². The van der Waals surface area contributed by atoms with E-state index in [1.54, 1.807) is 31.6 Å². The molecule has 43 heavy (non-hydrogen) atoms. The second-order valence-electron chi connectivity index (χ2n) is 10.7. The number of imidazole rings is 1. The summed E-state index contributed by atoms with van der Waals surface area (Å²) in [7, 11) is 3.39. The number of fused-ring (bicyclic) bond motifs is 1. The quantitative estimate of drug-likeness (QED) is 0.302. The summed E-state index contributed by atoms with van der Waals surface area (Å²) < 4.78 is 29.0. The molecule has 224 valence electrons. The summed E-state index contributed by atoms with van der Waals surface area (Å²) in [6, 6.07) is 3.25. The van der Waals surface area contributed by atoms with Crippen LogP contribution in [0.3, 0.4) is 0 Å². The predicted molar refractivity (Wildman–Crippen MR) is 152 cm³/mol. The van der Waals surface area contributed by atoms with Crippen molar-refractivity contribution < 1.29 is 23.5 Å². The van der Waals surface area contributed by atoms with Crippen LogP contribution in [0.4, 0.5) is 8.78 Å². The maximum atomic E-state index is 14.2. The lowest BCUT2D eigenvalue weighted by Gasteiger charge is -2.55. The van der Waals surface area contributed by atoms with Crippen molar-refractivity contribution in [3.05, 3.63) is 80.7 Å². The van der Waals surface area contributed by atoms with Crippen molar-refractivity contribution in [2.24, 2.45) is 5.92 Å². The number of nitrogens with zero attached hydrogens (tertiary/aromatic N) is 6. The van der Waals surface area contributed by atoms with E-state index in [1.807, 2.05) is 0 Å². The maximum Gasteiger partial charge on any atom is 0.278 e. The van der Waals surface area contributed by atoms with Crippen LogP contribution in [0.15, 0.2) is 41.7 Å². The Labute approximate surface area is 248 Å². The monoisotopic (exact) mass is 610 g/mol. The number of H-pyrrole nitrogens is 1. The van der Waals surface area contributed by atoms with Gasteiger partial charge in [0.25, 0.3) is 5.91 Å². The van der Waals surface area contributed by atoms with Gasteiger partial charge in [-0.25, -0.2) is 13.8 Å². The first-order chi connectivity index (χ1) is 20.6. The standard InChI is InChI=1S/C28H28F2N8O4S/c1-36-27(42)22-24(40)23(39)19(26-35-34-21(43-26)9-16-3-4-17(29)10-20(16)30)13-38(22)37(2)28(36)7-5-15(6-8-28)25(41)32-12-18-11-31-14-33-18/h3-4,10-11,13-15,40H,5-9,12H2,1-2H3,(H,31,33)(H,32,41). The molecule has 4 aromatic rings. The van der Waals surface area contributed by atoms with Crippen molar-refractivity contribution in [1.82, 2.24) is 35.1 Å². The number of nitrogens with one attached hydrogen (secondary N) is 2. The molecule has 1 aliphatic heterocycles. The molecule has 2 aliphatic rings. The zero-order valence-corrected chi connectivity index (χ0v) is 24.1. The summed E-state index contributed by atoms with van der Waals surface area (Å²) >= 11 is 1.03. The molecule has 1 fully saturated rings. The smallest absolute Gasteiger partial charge is 0.278 e. The van der Waals surface area contributed by atoms with Crippen LogP contribution in [0.5, 0.6) is 5.75 Å². The number of aromatic hydroxyl groups is 1. The number of rotatable bonds is 6. The first kappa shape index (κ1) is 28.5. The molecular weight excluding hydrogens is 582 g/mol. The van der Waals surface area contributed by atoms with Crippen molar-refractivity contribution in [3.63, 3.8) is 0 Å². The van der Waals surface area contributed by atoms with Crippen molar-refractivity contribution in [3.8, 4) is 16.3 Å². The Hall–Kier alpha value is -4.66. The van der Waals surface area contributed by atoms with Crippen LogP contribution in [0.1, 0.15) is 52.4 Å². The van der Waals surface area contributed by atoms with Gasteiger partial charge in [-0.2, -0.15) is 0 Å². The Kier molecular flexibility index (Phi) is 7.20. The number of aromatic nitrogens is 5. The van der Waals surface area contributed by atoms with Gasteiger partial charge in [0.1, 0.15) is 22.3 Å². The number of amides is 2. The fraction of sp³-hybridized carbons (Fsp3) is 0.357. The maximum absolute atomic E-state index is 14.2. The van der Waals surface area contributed by atoms with Gasteiger partial charge < -0.3 is 20.3 Å². The molecule has 0 bridgehead atoms. The fourth-order valence-corrected chi connectivity index (χ4v) is 6.79. The minimum atomic E-state index is -0.811. The van der Waals surface area contributed by atoms with E-state index in [9.17, 15) is 28.3 Å². The van der Waals surface area contributed by atoms with Gasteiger partial charge in [-0.15, -0.1) is 10.2 Å². The first-order valence-electron chi connectivity index (χ1n) is 13.6. The molecule has 0 atom stereocenters. The zero-order valence-electron chi connectivity index (χ0n) is 23.3. The molecule has 3 N–H and O–H groups in total. The van der Waals surface area contributed by atoms with E-state index in [-0.39, 0.29) is 40.1 Å². The molecule has 1 saturated carbocycles. The average molecular weight is 611 g/mol. The summed E-state index contributed by atoms with van der Waals surface area (Å²) in [6.45, 7) is 0.317. The zero-order chi connectivity index (χ0) is 30.5. The van der Waals surface area contributed by atoms with E-state index in [1.165, 1.54) is 21.8 Å². The molecule has 4 heterocycles. The number of halogens is 2. The number of carbonyl (C=O) groups excluding carboxylic acids is 2. The summed E-state index contributed by atoms with van der Waals surface area (Å²) in [5.74, 6) is -2.98. The van der Waals surface area contributed by atoms with Gasteiger partial charge in [0.15, 0.2) is 16.5 Å². The van der Waals surface area contributed by atoms with Crippen LogP contribution < -0.4 is 15.8 Å². The highest BCUT2D eigenvalue weighted by atomic mass is 32.1. The van der Waals surface area contributed by atoms with Crippen molar-refractivity contribution in [2.75, 3.05) is 19.1 Å². The van der Waals surface area contributed by atoms with Gasteiger partial charge in [-0.3, -0.25) is 24.1 Å². The van der Waals surface area contributed by atoms with Crippen LogP contribution in [0.25, 0.3) is 10.6 Å².